The van der Waals surface area contributed by atoms with Crippen molar-refractivity contribution in [3.05, 3.63) is 59.5 Å². The minimum Gasteiger partial charge on any atom is -0.472 e. The van der Waals surface area contributed by atoms with E-state index in [1.165, 1.54) is 11.1 Å². The van der Waals surface area contributed by atoms with Crippen LogP contribution < -0.4 is 5.73 Å². The molecule has 1 aromatic heterocycles. The Bertz CT molecular complexity index is 477. The quantitative estimate of drug-likeness (QED) is 0.890. The van der Waals surface area contributed by atoms with Crippen LogP contribution in [0.2, 0.25) is 0 Å². The van der Waals surface area contributed by atoms with Crippen LogP contribution in [0.25, 0.3) is 0 Å². The van der Waals surface area contributed by atoms with E-state index in [0.717, 1.165) is 12.0 Å². The van der Waals surface area contributed by atoms with E-state index >= 15 is 0 Å². The Morgan fingerprint density at radius 3 is 2.28 bits per heavy atom. The first-order valence-corrected chi connectivity index (χ1v) is 6.34. The second-order valence-corrected chi connectivity index (χ2v) is 5.81. The highest BCUT2D eigenvalue weighted by molar-refractivity contribution is 5.30. The minimum atomic E-state index is 0.0246. The second kappa shape index (κ2) is 4.99. The molecule has 0 amide bonds. The third-order valence-corrected chi connectivity index (χ3v) is 3.24. The van der Waals surface area contributed by atoms with Gasteiger partial charge in [-0.25, -0.2) is 0 Å². The van der Waals surface area contributed by atoms with Gasteiger partial charge < -0.3 is 10.2 Å². The van der Waals surface area contributed by atoms with Gasteiger partial charge in [0.25, 0.3) is 0 Å². The molecule has 1 unspecified atom stereocenters. The molecule has 1 aromatic carbocycles. The highest BCUT2D eigenvalue weighted by Gasteiger charge is 2.14. The lowest BCUT2D eigenvalue weighted by Gasteiger charge is -2.20. The average Bonchev–Trinajstić information content (AvgIpc) is 2.81. The summed E-state index contributed by atoms with van der Waals surface area (Å²) in [6, 6.07) is 10.6. The molecule has 0 radical (unpaired) electrons. The zero-order valence-electron chi connectivity index (χ0n) is 11.3. The molecule has 0 bridgehead atoms. The summed E-state index contributed by atoms with van der Waals surface area (Å²) in [5, 5.41) is 0. The standard InChI is InChI=1S/C16H21NO/c1-16(2,3)14-6-4-13(5-7-14)15(17)10-12-8-9-18-11-12/h4-9,11,15H,10,17H2,1-3H3. The first-order valence-electron chi connectivity index (χ1n) is 6.34. The number of hydrogen-bond donors (Lipinski definition) is 1. The van der Waals surface area contributed by atoms with Gasteiger partial charge in [0.1, 0.15) is 0 Å². The molecule has 0 spiro atoms. The normalized spacial score (nSPS) is 13.6. The fourth-order valence-corrected chi connectivity index (χ4v) is 2.01. The van der Waals surface area contributed by atoms with Crippen molar-refractivity contribution in [1.29, 1.82) is 0 Å². The lowest BCUT2D eigenvalue weighted by molar-refractivity contribution is 0.561. The Labute approximate surface area is 109 Å². The predicted octanol–water partition coefficient (Wildman–Crippen LogP) is 3.82. The SMILES string of the molecule is CC(C)(C)c1ccc(C(N)Cc2ccoc2)cc1. The summed E-state index contributed by atoms with van der Waals surface area (Å²) in [5.74, 6) is 0. The largest absolute Gasteiger partial charge is 0.472 e. The molecule has 2 nitrogen and oxygen atoms in total. The van der Waals surface area contributed by atoms with E-state index in [0.29, 0.717) is 0 Å². The van der Waals surface area contributed by atoms with Crippen molar-refractivity contribution in [1.82, 2.24) is 0 Å². The Morgan fingerprint density at radius 2 is 1.78 bits per heavy atom. The lowest BCUT2D eigenvalue weighted by atomic mass is 9.86. The Hall–Kier alpha value is -1.54. The van der Waals surface area contributed by atoms with Gasteiger partial charge in [0.05, 0.1) is 12.5 Å². The van der Waals surface area contributed by atoms with Crippen LogP contribution >= 0.6 is 0 Å². The summed E-state index contributed by atoms with van der Waals surface area (Å²) >= 11 is 0. The molecular weight excluding hydrogens is 222 g/mol. The predicted molar refractivity (Wildman–Crippen MR) is 74.5 cm³/mol. The summed E-state index contributed by atoms with van der Waals surface area (Å²) in [4.78, 5) is 0. The molecule has 2 heteroatoms. The summed E-state index contributed by atoms with van der Waals surface area (Å²) < 4.78 is 5.06. The van der Waals surface area contributed by atoms with Crippen molar-refractivity contribution < 1.29 is 4.42 Å². The van der Waals surface area contributed by atoms with Crippen LogP contribution in [0.4, 0.5) is 0 Å². The van der Waals surface area contributed by atoms with Crippen LogP contribution in [0.3, 0.4) is 0 Å². The smallest absolute Gasteiger partial charge is 0.0935 e. The van der Waals surface area contributed by atoms with E-state index < -0.39 is 0 Å². The first kappa shape index (κ1) is 12.9. The van der Waals surface area contributed by atoms with Gasteiger partial charge in [-0.3, -0.25) is 0 Å². The molecule has 0 aliphatic heterocycles. The highest BCUT2D eigenvalue weighted by atomic mass is 16.3. The fraction of sp³-hybridized carbons (Fsp3) is 0.375. The summed E-state index contributed by atoms with van der Waals surface area (Å²) in [6.07, 6.45) is 4.25. The van der Waals surface area contributed by atoms with E-state index in [1.54, 1.807) is 12.5 Å². The zero-order valence-corrected chi connectivity index (χ0v) is 11.3. The third kappa shape index (κ3) is 3.02. The van der Waals surface area contributed by atoms with Crippen molar-refractivity contribution in [2.45, 2.75) is 38.6 Å². The molecule has 2 N–H and O–H groups in total. The Balaban J connectivity index is 2.10. The molecule has 1 atom stereocenters. The number of nitrogens with two attached hydrogens (primary N) is 1. The molecular formula is C16H21NO. The number of rotatable bonds is 3. The Kier molecular flexibility index (Phi) is 3.58. The van der Waals surface area contributed by atoms with Gasteiger partial charge in [-0.15, -0.1) is 0 Å². The molecule has 96 valence electrons. The second-order valence-electron chi connectivity index (χ2n) is 5.81. The highest BCUT2D eigenvalue weighted by Crippen LogP contribution is 2.24. The zero-order chi connectivity index (χ0) is 13.2. The number of furan rings is 1. The van der Waals surface area contributed by atoms with Gasteiger partial charge in [-0.2, -0.15) is 0 Å². The van der Waals surface area contributed by atoms with Crippen LogP contribution in [0.15, 0.2) is 47.3 Å². The summed E-state index contributed by atoms with van der Waals surface area (Å²) in [7, 11) is 0. The molecule has 0 aliphatic rings. The fourth-order valence-electron chi connectivity index (χ4n) is 2.01. The summed E-state index contributed by atoms with van der Waals surface area (Å²) in [5.41, 5.74) is 10.0. The molecule has 0 fully saturated rings. The van der Waals surface area contributed by atoms with Crippen LogP contribution in [-0.2, 0) is 11.8 Å². The van der Waals surface area contributed by atoms with Crippen molar-refractivity contribution in [3.63, 3.8) is 0 Å². The lowest BCUT2D eigenvalue weighted by Crippen LogP contribution is -2.15. The molecule has 2 aromatic rings. The van der Waals surface area contributed by atoms with Crippen molar-refractivity contribution in [3.8, 4) is 0 Å². The maximum atomic E-state index is 6.20. The molecule has 2 rings (SSSR count). The van der Waals surface area contributed by atoms with Gasteiger partial charge in [-0.1, -0.05) is 45.0 Å². The monoisotopic (exact) mass is 243 g/mol. The van der Waals surface area contributed by atoms with Gasteiger partial charge in [0, 0.05) is 6.04 Å². The van der Waals surface area contributed by atoms with E-state index in [2.05, 4.69) is 45.0 Å². The van der Waals surface area contributed by atoms with Crippen molar-refractivity contribution in [2.24, 2.45) is 5.73 Å². The van der Waals surface area contributed by atoms with E-state index in [9.17, 15) is 0 Å². The van der Waals surface area contributed by atoms with Gasteiger partial charge in [0.15, 0.2) is 0 Å². The molecule has 18 heavy (non-hydrogen) atoms. The van der Waals surface area contributed by atoms with E-state index in [-0.39, 0.29) is 11.5 Å². The molecule has 0 saturated carbocycles. The van der Waals surface area contributed by atoms with Crippen molar-refractivity contribution >= 4 is 0 Å². The van der Waals surface area contributed by atoms with Gasteiger partial charge in [0.2, 0.25) is 0 Å². The molecule has 1 heterocycles. The summed E-state index contributed by atoms with van der Waals surface area (Å²) in [6.45, 7) is 6.65. The van der Waals surface area contributed by atoms with Crippen LogP contribution in [0, 0.1) is 0 Å². The van der Waals surface area contributed by atoms with Crippen LogP contribution in [0.5, 0.6) is 0 Å². The topological polar surface area (TPSA) is 39.2 Å². The molecule has 0 aliphatic carbocycles. The van der Waals surface area contributed by atoms with Gasteiger partial charge in [-0.05, 0) is 34.6 Å². The van der Waals surface area contributed by atoms with E-state index in [4.69, 9.17) is 10.2 Å². The van der Waals surface area contributed by atoms with Crippen LogP contribution in [0.1, 0.15) is 43.5 Å². The third-order valence-electron chi connectivity index (χ3n) is 3.24. The van der Waals surface area contributed by atoms with Gasteiger partial charge >= 0.3 is 0 Å². The van der Waals surface area contributed by atoms with Crippen molar-refractivity contribution in [2.75, 3.05) is 0 Å². The maximum absolute atomic E-state index is 6.20. The molecule has 0 saturated heterocycles. The minimum absolute atomic E-state index is 0.0246. The number of benzene rings is 1. The average molecular weight is 243 g/mol. The van der Waals surface area contributed by atoms with Crippen LogP contribution in [-0.4, -0.2) is 0 Å². The first-order chi connectivity index (χ1) is 8.47. The number of hydrogen-bond acceptors (Lipinski definition) is 2. The maximum Gasteiger partial charge on any atom is 0.0935 e. The van der Waals surface area contributed by atoms with E-state index in [1.807, 2.05) is 6.07 Å². The Morgan fingerprint density at radius 1 is 1.11 bits per heavy atom.